The summed E-state index contributed by atoms with van der Waals surface area (Å²) in [5.74, 6) is 1.43. The number of rotatable bonds is 5. The zero-order chi connectivity index (χ0) is 9.78. The molecule has 77 valence electrons. The first-order chi connectivity index (χ1) is 5.43. The Morgan fingerprint density at radius 2 is 1.77 bits per heavy atom. The minimum Gasteiger partial charge on any atom is -0.404 e. The van der Waals surface area contributed by atoms with Gasteiger partial charge in [-0.2, -0.15) is 13.3 Å². The Bertz CT molecular complexity index is 123. The van der Waals surface area contributed by atoms with Crippen molar-refractivity contribution in [3.05, 3.63) is 5.92 Å². The monoisotopic (exact) mass is 260 g/mol. The van der Waals surface area contributed by atoms with Gasteiger partial charge in [-0.1, -0.05) is 26.9 Å². The maximum atomic E-state index is 5.90. The standard InChI is InChI=1S/C11H23O.Y/c1-7-9(3)10(4)12-11(5,6)8-2;/h10H,7-8H2,1-6H3;/q-1;. The summed E-state index contributed by atoms with van der Waals surface area (Å²) < 4.78 is 5.90. The molecule has 0 spiro atoms. The van der Waals surface area contributed by atoms with Crippen molar-refractivity contribution in [3.8, 4) is 0 Å². The Morgan fingerprint density at radius 3 is 2.08 bits per heavy atom. The van der Waals surface area contributed by atoms with E-state index in [4.69, 9.17) is 4.74 Å². The minimum absolute atomic E-state index is 0. The Morgan fingerprint density at radius 1 is 1.31 bits per heavy atom. The van der Waals surface area contributed by atoms with Crippen molar-refractivity contribution in [2.45, 2.75) is 66.1 Å². The van der Waals surface area contributed by atoms with Gasteiger partial charge in [-0.25, -0.2) is 0 Å². The summed E-state index contributed by atoms with van der Waals surface area (Å²) in [4.78, 5) is 0. The summed E-state index contributed by atoms with van der Waals surface area (Å²) in [7, 11) is 0. The number of ether oxygens (including phenoxy) is 1. The van der Waals surface area contributed by atoms with Crippen molar-refractivity contribution in [1.82, 2.24) is 0 Å². The molecule has 1 atom stereocenters. The second-order valence-corrected chi connectivity index (χ2v) is 4.07. The Kier molecular flexibility index (Phi) is 9.35. The molecule has 0 saturated heterocycles. The van der Waals surface area contributed by atoms with Gasteiger partial charge in [-0.3, -0.25) is 5.92 Å². The first-order valence-corrected chi connectivity index (χ1v) is 4.93. The van der Waals surface area contributed by atoms with Crippen LogP contribution in [0.15, 0.2) is 0 Å². The molecule has 0 N–H and O–H groups in total. The summed E-state index contributed by atoms with van der Waals surface area (Å²) in [6.45, 7) is 12.9. The van der Waals surface area contributed by atoms with E-state index in [9.17, 15) is 0 Å². The molecule has 0 bridgehead atoms. The van der Waals surface area contributed by atoms with Gasteiger partial charge >= 0.3 is 0 Å². The van der Waals surface area contributed by atoms with Gasteiger partial charge in [0, 0.05) is 32.7 Å². The van der Waals surface area contributed by atoms with E-state index in [0.29, 0.717) is 6.10 Å². The number of hydrogen-bond acceptors (Lipinski definition) is 1. The first kappa shape index (κ1) is 16.5. The second-order valence-electron chi connectivity index (χ2n) is 4.07. The third-order valence-electron chi connectivity index (χ3n) is 2.60. The molecule has 0 aromatic carbocycles. The smallest absolute Gasteiger partial charge is 0.0592 e. The molecule has 0 amide bonds. The van der Waals surface area contributed by atoms with Crippen molar-refractivity contribution in [1.29, 1.82) is 0 Å². The van der Waals surface area contributed by atoms with Crippen LogP contribution in [0.1, 0.15) is 54.4 Å². The van der Waals surface area contributed by atoms with Crippen LogP contribution in [0.4, 0.5) is 0 Å². The van der Waals surface area contributed by atoms with E-state index < -0.39 is 0 Å². The van der Waals surface area contributed by atoms with Crippen LogP contribution in [0.3, 0.4) is 0 Å². The van der Waals surface area contributed by atoms with E-state index in [-0.39, 0.29) is 38.3 Å². The van der Waals surface area contributed by atoms with Crippen LogP contribution in [0.25, 0.3) is 0 Å². The fraction of sp³-hybridized carbons (Fsp3) is 0.909. The molecule has 0 aromatic rings. The topological polar surface area (TPSA) is 9.23 Å². The zero-order valence-corrected chi connectivity index (χ0v) is 12.8. The summed E-state index contributed by atoms with van der Waals surface area (Å²) in [5.41, 5.74) is 0.0237. The quantitative estimate of drug-likeness (QED) is 0.686. The predicted octanol–water partition coefficient (Wildman–Crippen LogP) is 3.58. The molecule has 13 heavy (non-hydrogen) atoms. The first-order valence-electron chi connectivity index (χ1n) is 4.93. The fourth-order valence-corrected chi connectivity index (χ4v) is 0.950. The Labute approximate surface area is 109 Å². The van der Waals surface area contributed by atoms with Crippen molar-refractivity contribution in [2.75, 3.05) is 0 Å². The summed E-state index contributed by atoms with van der Waals surface area (Å²) >= 11 is 0. The van der Waals surface area contributed by atoms with Crippen LogP contribution in [-0.4, -0.2) is 11.7 Å². The predicted molar refractivity (Wildman–Crippen MR) is 54.1 cm³/mol. The van der Waals surface area contributed by atoms with Crippen molar-refractivity contribution in [3.63, 3.8) is 0 Å². The average Bonchev–Trinajstić information content (AvgIpc) is 2.02. The SMILES string of the molecule is CC[C-](C)C(C)OC(C)(C)CC.[Y]. The zero-order valence-electron chi connectivity index (χ0n) is 9.98. The fourth-order valence-electron chi connectivity index (χ4n) is 0.950. The maximum absolute atomic E-state index is 5.90. The summed E-state index contributed by atoms with van der Waals surface area (Å²) in [6, 6.07) is 0. The third-order valence-corrected chi connectivity index (χ3v) is 2.60. The molecule has 2 heteroatoms. The van der Waals surface area contributed by atoms with Gasteiger partial charge in [-0.05, 0) is 20.3 Å². The molecule has 0 aromatic heterocycles. The summed E-state index contributed by atoms with van der Waals surface area (Å²) in [6.07, 6.45) is 2.47. The molecule has 0 saturated carbocycles. The molecular formula is C11H23OY-. The van der Waals surface area contributed by atoms with Crippen LogP contribution in [0.5, 0.6) is 0 Å². The van der Waals surface area contributed by atoms with E-state index in [1.807, 2.05) is 0 Å². The van der Waals surface area contributed by atoms with Crippen molar-refractivity contribution < 1.29 is 37.4 Å². The van der Waals surface area contributed by atoms with Crippen LogP contribution in [-0.2, 0) is 37.4 Å². The van der Waals surface area contributed by atoms with Crippen LogP contribution in [0.2, 0.25) is 0 Å². The summed E-state index contributed by atoms with van der Waals surface area (Å²) in [5, 5.41) is 0. The normalized spacial score (nSPS) is 14.1. The molecule has 0 heterocycles. The van der Waals surface area contributed by atoms with Gasteiger partial charge < -0.3 is 4.74 Å². The second kappa shape index (κ2) is 7.37. The molecule has 1 unspecified atom stereocenters. The van der Waals surface area contributed by atoms with E-state index in [1.54, 1.807) is 0 Å². The van der Waals surface area contributed by atoms with Gasteiger partial charge in [0.05, 0.1) is 5.60 Å². The van der Waals surface area contributed by atoms with Crippen molar-refractivity contribution >= 4 is 0 Å². The van der Waals surface area contributed by atoms with E-state index in [1.165, 1.54) is 5.92 Å². The van der Waals surface area contributed by atoms with Gasteiger partial charge in [-0.15, -0.1) is 0 Å². The van der Waals surface area contributed by atoms with Crippen LogP contribution in [0, 0.1) is 5.92 Å². The van der Waals surface area contributed by atoms with Gasteiger partial charge in [0.2, 0.25) is 0 Å². The van der Waals surface area contributed by atoms with Crippen LogP contribution < -0.4 is 0 Å². The van der Waals surface area contributed by atoms with Crippen molar-refractivity contribution in [2.24, 2.45) is 0 Å². The molecular weight excluding hydrogens is 237 g/mol. The van der Waals surface area contributed by atoms with E-state index in [0.717, 1.165) is 12.8 Å². The average molecular weight is 260 g/mol. The van der Waals surface area contributed by atoms with E-state index in [2.05, 4.69) is 41.5 Å². The molecule has 0 rings (SSSR count). The number of hydrogen-bond donors (Lipinski definition) is 0. The van der Waals surface area contributed by atoms with Gasteiger partial charge in [0.15, 0.2) is 0 Å². The molecule has 0 aliphatic heterocycles. The Hall–Kier alpha value is 1.06. The van der Waals surface area contributed by atoms with Gasteiger partial charge in [0.25, 0.3) is 0 Å². The largest absolute Gasteiger partial charge is 0.404 e. The Balaban J connectivity index is 0. The molecule has 0 aliphatic rings. The molecule has 1 nitrogen and oxygen atoms in total. The maximum Gasteiger partial charge on any atom is 0.0592 e. The van der Waals surface area contributed by atoms with Gasteiger partial charge in [0.1, 0.15) is 0 Å². The molecule has 0 fully saturated rings. The molecule has 1 radical (unpaired) electrons. The van der Waals surface area contributed by atoms with Crippen LogP contribution >= 0.6 is 0 Å². The minimum atomic E-state index is 0. The molecule has 0 aliphatic carbocycles. The van der Waals surface area contributed by atoms with E-state index >= 15 is 0 Å². The third kappa shape index (κ3) is 7.05.